The molecular formula is C45H27N3OS. The molecule has 10 aromatic rings. The zero-order valence-electron chi connectivity index (χ0n) is 26.7. The summed E-state index contributed by atoms with van der Waals surface area (Å²) in [5.41, 5.74) is 9.25. The van der Waals surface area contributed by atoms with Gasteiger partial charge in [0.25, 0.3) is 0 Å². The smallest absolute Gasteiger partial charge is 0.164 e. The Balaban J connectivity index is 1.16. The van der Waals surface area contributed by atoms with Crippen molar-refractivity contribution >= 4 is 53.4 Å². The highest BCUT2D eigenvalue weighted by atomic mass is 32.1. The largest absolute Gasteiger partial charge is 0.455 e. The van der Waals surface area contributed by atoms with E-state index in [1.54, 1.807) is 11.3 Å². The fourth-order valence-electron chi connectivity index (χ4n) is 6.95. The Morgan fingerprint density at radius 2 is 1.02 bits per heavy atom. The van der Waals surface area contributed by atoms with Gasteiger partial charge in [-0.05, 0) is 47.0 Å². The average Bonchev–Trinajstić information content (AvgIpc) is 3.76. The van der Waals surface area contributed by atoms with Crippen LogP contribution >= 0.6 is 11.3 Å². The Morgan fingerprint density at radius 3 is 1.74 bits per heavy atom. The first-order chi connectivity index (χ1) is 24.8. The molecule has 0 bridgehead atoms. The van der Waals surface area contributed by atoms with Crippen LogP contribution in [-0.4, -0.2) is 15.0 Å². The van der Waals surface area contributed by atoms with Crippen molar-refractivity contribution in [2.75, 3.05) is 0 Å². The van der Waals surface area contributed by atoms with Gasteiger partial charge in [0.2, 0.25) is 0 Å². The van der Waals surface area contributed by atoms with Crippen molar-refractivity contribution in [2.24, 2.45) is 0 Å². The minimum Gasteiger partial charge on any atom is -0.455 e. The van der Waals surface area contributed by atoms with Crippen LogP contribution in [0.1, 0.15) is 0 Å². The third-order valence-corrected chi connectivity index (χ3v) is 10.5. The van der Waals surface area contributed by atoms with E-state index in [4.69, 9.17) is 19.4 Å². The first kappa shape index (κ1) is 28.6. The van der Waals surface area contributed by atoms with Gasteiger partial charge in [-0.1, -0.05) is 133 Å². The molecule has 0 fully saturated rings. The minimum atomic E-state index is 0.657. The van der Waals surface area contributed by atoms with Crippen LogP contribution in [0.25, 0.3) is 98.5 Å². The number of rotatable bonds is 5. The Morgan fingerprint density at radius 1 is 0.380 bits per heavy atom. The van der Waals surface area contributed by atoms with Crippen LogP contribution in [0.15, 0.2) is 168 Å². The van der Waals surface area contributed by atoms with Crippen molar-refractivity contribution < 1.29 is 4.42 Å². The number of nitrogens with zero attached hydrogens (tertiary/aromatic N) is 3. The predicted octanol–water partition coefficient (Wildman–Crippen LogP) is 12.5. The number of benzene rings is 7. The maximum absolute atomic E-state index is 6.45. The fourth-order valence-corrected chi connectivity index (χ4v) is 8.12. The molecule has 3 aromatic heterocycles. The van der Waals surface area contributed by atoms with E-state index in [9.17, 15) is 0 Å². The first-order valence-corrected chi connectivity index (χ1v) is 17.4. The fraction of sp³-hybridized carbons (Fsp3) is 0. The quantitative estimate of drug-likeness (QED) is 0.185. The number of para-hydroxylation sites is 1. The monoisotopic (exact) mass is 657 g/mol. The third-order valence-electron chi connectivity index (χ3n) is 9.33. The van der Waals surface area contributed by atoms with Crippen LogP contribution in [0, 0.1) is 0 Å². The van der Waals surface area contributed by atoms with Gasteiger partial charge in [-0.2, -0.15) is 0 Å². The van der Waals surface area contributed by atoms with E-state index < -0.39 is 0 Å². The summed E-state index contributed by atoms with van der Waals surface area (Å²) in [4.78, 5) is 15.0. The molecule has 5 heteroatoms. The lowest BCUT2D eigenvalue weighted by molar-refractivity contribution is 0.670. The minimum absolute atomic E-state index is 0.657. The summed E-state index contributed by atoms with van der Waals surface area (Å²) in [6.45, 7) is 0. The van der Waals surface area contributed by atoms with E-state index in [0.29, 0.717) is 17.5 Å². The number of aromatic nitrogens is 3. The Hall–Kier alpha value is -6.43. The van der Waals surface area contributed by atoms with Crippen LogP contribution in [0.4, 0.5) is 0 Å². The number of fused-ring (bicyclic) bond motifs is 6. The highest BCUT2D eigenvalue weighted by Gasteiger charge is 2.19. The number of hydrogen-bond donors (Lipinski definition) is 0. The van der Waals surface area contributed by atoms with Crippen LogP contribution < -0.4 is 0 Å². The summed E-state index contributed by atoms with van der Waals surface area (Å²) in [5, 5.41) is 4.58. The molecule has 0 aliphatic rings. The Bertz CT molecular complexity index is 2800. The maximum Gasteiger partial charge on any atom is 0.164 e. The van der Waals surface area contributed by atoms with Gasteiger partial charge >= 0.3 is 0 Å². The third kappa shape index (κ3) is 4.79. The van der Waals surface area contributed by atoms with Gasteiger partial charge in [0.15, 0.2) is 17.5 Å². The second-order valence-electron chi connectivity index (χ2n) is 12.4. The lowest BCUT2D eigenvalue weighted by atomic mass is 9.95. The summed E-state index contributed by atoms with van der Waals surface area (Å²) >= 11 is 1.80. The van der Waals surface area contributed by atoms with Gasteiger partial charge in [-0.3, -0.25) is 0 Å². The van der Waals surface area contributed by atoms with Crippen molar-refractivity contribution in [3.63, 3.8) is 0 Å². The molecular weight excluding hydrogens is 631 g/mol. The molecule has 0 unspecified atom stereocenters. The van der Waals surface area contributed by atoms with Crippen LogP contribution in [0.3, 0.4) is 0 Å². The predicted molar refractivity (Wildman–Crippen MR) is 207 cm³/mol. The van der Waals surface area contributed by atoms with Crippen LogP contribution in [0.2, 0.25) is 0 Å². The summed E-state index contributed by atoms with van der Waals surface area (Å²) in [6, 6.07) is 56.8. The van der Waals surface area contributed by atoms with Crippen molar-refractivity contribution in [3.8, 4) is 56.4 Å². The van der Waals surface area contributed by atoms with Crippen LogP contribution in [0.5, 0.6) is 0 Å². The van der Waals surface area contributed by atoms with Gasteiger partial charge in [0.05, 0.1) is 0 Å². The Kier molecular flexibility index (Phi) is 6.64. The SMILES string of the molecule is c1ccc(-c2nc(-c3ccccc3)nc(-c3cccc4sc5cc(-c6cc(-c7ccccc7)c7oc8ccccc8c7c6)ccc5c34)n2)cc1. The second kappa shape index (κ2) is 11.6. The molecule has 50 heavy (non-hydrogen) atoms. The highest BCUT2D eigenvalue weighted by molar-refractivity contribution is 7.26. The molecule has 7 aromatic carbocycles. The Labute approximate surface area is 292 Å². The molecule has 4 nitrogen and oxygen atoms in total. The van der Waals surface area contributed by atoms with Gasteiger partial charge in [-0.25, -0.2) is 15.0 Å². The standard InChI is InChI=1S/C45H27N3OS/c1-4-13-28(14-5-1)36-25-32(26-37-33-19-10-11-21-38(33)49-42(36)37)31-23-24-34-40(27-31)50-39-22-12-20-35(41(34)39)45-47-43(29-15-6-2-7-16-29)46-44(48-45)30-17-8-3-9-18-30/h1-27H. The molecule has 0 amide bonds. The topological polar surface area (TPSA) is 51.8 Å². The van der Waals surface area contributed by atoms with Gasteiger partial charge in [-0.15, -0.1) is 11.3 Å². The van der Waals surface area contributed by atoms with Crippen molar-refractivity contribution in [1.29, 1.82) is 0 Å². The second-order valence-corrected chi connectivity index (χ2v) is 13.5. The van der Waals surface area contributed by atoms with E-state index in [-0.39, 0.29) is 0 Å². The molecule has 0 saturated heterocycles. The van der Waals surface area contributed by atoms with E-state index in [0.717, 1.165) is 66.3 Å². The zero-order valence-corrected chi connectivity index (χ0v) is 27.6. The van der Waals surface area contributed by atoms with Crippen molar-refractivity contribution in [3.05, 3.63) is 164 Å². The van der Waals surface area contributed by atoms with E-state index in [1.165, 1.54) is 14.8 Å². The molecule has 0 spiro atoms. The molecule has 0 radical (unpaired) electrons. The van der Waals surface area contributed by atoms with Crippen molar-refractivity contribution in [1.82, 2.24) is 15.0 Å². The summed E-state index contributed by atoms with van der Waals surface area (Å²) in [6.07, 6.45) is 0. The first-order valence-electron chi connectivity index (χ1n) is 16.6. The van der Waals surface area contributed by atoms with Crippen molar-refractivity contribution in [2.45, 2.75) is 0 Å². The lowest BCUT2D eigenvalue weighted by Gasteiger charge is -2.10. The lowest BCUT2D eigenvalue weighted by Crippen LogP contribution is -2.00. The number of thiophene rings is 1. The van der Waals surface area contributed by atoms with Gasteiger partial charge in [0.1, 0.15) is 11.2 Å². The molecule has 10 rings (SSSR count). The van der Waals surface area contributed by atoms with Gasteiger partial charge < -0.3 is 4.42 Å². The molecule has 0 saturated carbocycles. The molecule has 234 valence electrons. The molecule has 0 aliphatic carbocycles. The maximum atomic E-state index is 6.45. The summed E-state index contributed by atoms with van der Waals surface area (Å²) in [5.74, 6) is 1.98. The van der Waals surface area contributed by atoms with E-state index >= 15 is 0 Å². The molecule has 0 N–H and O–H groups in total. The van der Waals surface area contributed by atoms with E-state index in [1.807, 2.05) is 72.8 Å². The molecule has 3 heterocycles. The molecule has 0 atom stereocenters. The highest BCUT2D eigenvalue weighted by Crippen LogP contribution is 2.43. The molecule has 0 aliphatic heterocycles. The number of hydrogen-bond acceptors (Lipinski definition) is 5. The normalized spacial score (nSPS) is 11.6. The number of furan rings is 1. The summed E-state index contributed by atoms with van der Waals surface area (Å²) < 4.78 is 8.86. The summed E-state index contributed by atoms with van der Waals surface area (Å²) in [7, 11) is 0. The van der Waals surface area contributed by atoms with Gasteiger partial charge in [0, 0.05) is 53.2 Å². The van der Waals surface area contributed by atoms with E-state index in [2.05, 4.69) is 91.0 Å². The van der Waals surface area contributed by atoms with Crippen LogP contribution in [-0.2, 0) is 0 Å². The zero-order chi connectivity index (χ0) is 33.0. The average molecular weight is 658 g/mol.